The maximum atomic E-state index is 12.7. The van der Waals surface area contributed by atoms with Crippen LogP contribution in [0, 0.1) is 11.3 Å². The van der Waals surface area contributed by atoms with Crippen molar-refractivity contribution in [1.82, 2.24) is 4.31 Å². The van der Waals surface area contributed by atoms with Crippen molar-refractivity contribution in [1.29, 1.82) is 5.26 Å². The number of sulfonamides is 1. The molecule has 2 aromatic carbocycles. The summed E-state index contributed by atoms with van der Waals surface area (Å²) < 4.78 is 67.1. The summed E-state index contributed by atoms with van der Waals surface area (Å²) in [5.74, 6) is -0.487. The summed E-state index contributed by atoms with van der Waals surface area (Å²) in [4.78, 5) is 5.21. The van der Waals surface area contributed by atoms with Gasteiger partial charge in [-0.25, -0.2) is 8.42 Å². The molecule has 11 heteroatoms. The summed E-state index contributed by atoms with van der Waals surface area (Å²) in [5.41, 5.74) is 2.11. The van der Waals surface area contributed by atoms with Crippen molar-refractivity contribution >= 4 is 15.7 Å². The molecule has 3 rings (SSSR count). The monoisotopic (exact) mass is 453 g/mol. The Hall–Kier alpha value is -3.10. The van der Waals surface area contributed by atoms with Gasteiger partial charge in [-0.2, -0.15) is 9.57 Å². The second-order valence-electron chi connectivity index (χ2n) is 6.66. The molecule has 0 radical (unpaired) electrons. The molecule has 0 bridgehead atoms. The van der Waals surface area contributed by atoms with Crippen LogP contribution in [0.1, 0.15) is 24.0 Å². The SMILES string of the molecule is N#Cc1ccc(CON=C2CCN(S(=O)(=O)c3ccc(OC(F)(F)F)cc3)CC2)cc1. The number of piperidine rings is 1. The first-order valence-corrected chi connectivity index (χ1v) is 10.6. The van der Waals surface area contributed by atoms with Crippen LogP contribution in [0.25, 0.3) is 0 Å². The topological polar surface area (TPSA) is 92.0 Å². The minimum atomic E-state index is -4.84. The first-order chi connectivity index (χ1) is 14.7. The molecule has 1 heterocycles. The Morgan fingerprint density at radius 1 is 1.03 bits per heavy atom. The van der Waals surface area contributed by atoms with E-state index in [0.717, 1.165) is 29.8 Å². The minimum Gasteiger partial charge on any atom is -0.406 e. The molecule has 0 spiro atoms. The lowest BCUT2D eigenvalue weighted by Crippen LogP contribution is -2.38. The van der Waals surface area contributed by atoms with Crippen LogP contribution >= 0.6 is 0 Å². The second kappa shape index (κ2) is 9.36. The van der Waals surface area contributed by atoms with Gasteiger partial charge < -0.3 is 9.57 Å². The number of benzene rings is 2. The van der Waals surface area contributed by atoms with Crippen LogP contribution in [0.3, 0.4) is 0 Å². The summed E-state index contributed by atoms with van der Waals surface area (Å²) in [6.45, 7) is 0.591. The molecule has 0 amide bonds. The summed E-state index contributed by atoms with van der Waals surface area (Å²) in [7, 11) is -3.84. The van der Waals surface area contributed by atoms with Gasteiger partial charge in [-0.1, -0.05) is 17.3 Å². The van der Waals surface area contributed by atoms with E-state index in [2.05, 4.69) is 9.89 Å². The average Bonchev–Trinajstić information content (AvgIpc) is 2.74. The van der Waals surface area contributed by atoms with E-state index >= 15 is 0 Å². The lowest BCUT2D eigenvalue weighted by Gasteiger charge is -2.26. The molecular formula is C20H18F3N3O4S. The van der Waals surface area contributed by atoms with Crippen LogP contribution in [0.4, 0.5) is 13.2 Å². The molecule has 1 fully saturated rings. The lowest BCUT2D eigenvalue weighted by molar-refractivity contribution is -0.274. The standard InChI is InChI=1S/C20H18F3N3O4S/c21-20(22,23)30-18-5-7-19(8-6-18)31(27,28)26-11-9-17(10-12-26)25-29-14-16-3-1-15(13-24)2-4-16/h1-8H,9-12,14H2. The van der Waals surface area contributed by atoms with E-state index < -0.39 is 22.1 Å². The zero-order valence-corrected chi connectivity index (χ0v) is 17.0. The van der Waals surface area contributed by atoms with Gasteiger partial charge >= 0.3 is 6.36 Å². The Morgan fingerprint density at radius 3 is 2.19 bits per heavy atom. The number of alkyl halides is 3. The van der Waals surface area contributed by atoms with Gasteiger partial charge in [-0.3, -0.25) is 0 Å². The highest BCUT2D eigenvalue weighted by atomic mass is 32.2. The van der Waals surface area contributed by atoms with E-state index in [4.69, 9.17) is 10.1 Å². The largest absolute Gasteiger partial charge is 0.573 e. The van der Waals surface area contributed by atoms with Gasteiger partial charge in [0.1, 0.15) is 12.4 Å². The Kier molecular flexibility index (Phi) is 6.82. The Balaban J connectivity index is 1.54. The lowest BCUT2D eigenvalue weighted by atomic mass is 10.1. The summed E-state index contributed by atoms with van der Waals surface area (Å²) in [5, 5.41) is 12.8. The highest BCUT2D eigenvalue weighted by Gasteiger charge is 2.32. The summed E-state index contributed by atoms with van der Waals surface area (Å²) >= 11 is 0. The fourth-order valence-electron chi connectivity index (χ4n) is 2.91. The van der Waals surface area contributed by atoms with Crippen molar-refractivity contribution in [3.8, 4) is 11.8 Å². The number of oxime groups is 1. The number of hydrogen-bond acceptors (Lipinski definition) is 6. The molecular weight excluding hydrogens is 435 g/mol. The highest BCUT2D eigenvalue weighted by molar-refractivity contribution is 7.89. The molecule has 31 heavy (non-hydrogen) atoms. The molecule has 0 saturated carbocycles. The van der Waals surface area contributed by atoms with Gasteiger partial charge in [0.2, 0.25) is 10.0 Å². The first-order valence-electron chi connectivity index (χ1n) is 9.20. The van der Waals surface area contributed by atoms with Crippen molar-refractivity contribution < 1.29 is 31.2 Å². The Morgan fingerprint density at radius 2 is 1.65 bits per heavy atom. The van der Waals surface area contributed by atoms with Gasteiger partial charge in [-0.05, 0) is 42.0 Å². The van der Waals surface area contributed by atoms with Crippen LogP contribution in [0.5, 0.6) is 5.75 Å². The fourth-order valence-corrected chi connectivity index (χ4v) is 4.35. The van der Waals surface area contributed by atoms with E-state index in [1.54, 1.807) is 24.3 Å². The van der Waals surface area contributed by atoms with Crippen LogP contribution in [-0.4, -0.2) is 37.9 Å². The summed E-state index contributed by atoms with van der Waals surface area (Å²) in [6.07, 6.45) is -4.09. The molecule has 0 unspecified atom stereocenters. The van der Waals surface area contributed by atoms with Crippen LogP contribution < -0.4 is 4.74 Å². The third-order valence-corrected chi connectivity index (χ3v) is 6.42. The maximum absolute atomic E-state index is 12.7. The van der Waals surface area contributed by atoms with Crippen molar-refractivity contribution in [2.45, 2.75) is 30.7 Å². The van der Waals surface area contributed by atoms with Crippen LogP contribution in [0.15, 0.2) is 58.6 Å². The molecule has 2 aromatic rings. The number of nitrogens with zero attached hydrogens (tertiary/aromatic N) is 3. The molecule has 0 N–H and O–H groups in total. The van der Waals surface area contributed by atoms with Crippen LogP contribution in [0.2, 0.25) is 0 Å². The second-order valence-corrected chi connectivity index (χ2v) is 8.60. The van der Waals surface area contributed by atoms with Gasteiger partial charge in [0.05, 0.1) is 22.2 Å². The predicted molar refractivity (Wildman–Crippen MR) is 104 cm³/mol. The highest BCUT2D eigenvalue weighted by Crippen LogP contribution is 2.26. The quantitative estimate of drug-likeness (QED) is 0.620. The molecule has 7 nitrogen and oxygen atoms in total. The number of halogens is 3. The smallest absolute Gasteiger partial charge is 0.406 e. The predicted octanol–water partition coefficient (Wildman–Crippen LogP) is 3.81. The average molecular weight is 453 g/mol. The van der Waals surface area contributed by atoms with Crippen molar-refractivity contribution in [3.05, 3.63) is 59.7 Å². The normalized spacial score (nSPS) is 15.2. The van der Waals surface area contributed by atoms with Crippen molar-refractivity contribution in [2.24, 2.45) is 5.16 Å². The van der Waals surface area contributed by atoms with E-state index in [0.29, 0.717) is 24.1 Å². The number of ether oxygens (including phenoxy) is 1. The van der Waals surface area contributed by atoms with E-state index in [9.17, 15) is 21.6 Å². The first kappa shape index (κ1) is 22.6. The van der Waals surface area contributed by atoms with Gasteiger partial charge in [-0.15, -0.1) is 13.2 Å². The Bertz CT molecular complexity index is 1070. The van der Waals surface area contributed by atoms with Gasteiger partial charge in [0.15, 0.2) is 0 Å². The molecule has 0 aromatic heterocycles. The minimum absolute atomic E-state index is 0.112. The van der Waals surface area contributed by atoms with Gasteiger partial charge in [0, 0.05) is 25.9 Å². The fraction of sp³-hybridized carbons (Fsp3) is 0.300. The van der Waals surface area contributed by atoms with Crippen LogP contribution in [-0.2, 0) is 21.5 Å². The zero-order chi connectivity index (χ0) is 22.5. The molecule has 1 aliphatic rings. The summed E-state index contributed by atoms with van der Waals surface area (Å²) in [6, 6.07) is 13.0. The Labute approximate surface area is 177 Å². The molecule has 1 saturated heterocycles. The number of nitriles is 1. The van der Waals surface area contributed by atoms with Crippen molar-refractivity contribution in [3.63, 3.8) is 0 Å². The molecule has 164 valence electrons. The van der Waals surface area contributed by atoms with E-state index in [1.165, 1.54) is 4.31 Å². The van der Waals surface area contributed by atoms with Crippen molar-refractivity contribution in [2.75, 3.05) is 13.1 Å². The van der Waals surface area contributed by atoms with E-state index in [1.807, 2.05) is 6.07 Å². The third-order valence-electron chi connectivity index (χ3n) is 4.50. The molecule has 1 aliphatic heterocycles. The molecule has 0 atom stereocenters. The number of rotatable bonds is 6. The third kappa shape index (κ3) is 6.19. The van der Waals surface area contributed by atoms with E-state index in [-0.39, 0.29) is 24.6 Å². The molecule has 0 aliphatic carbocycles. The maximum Gasteiger partial charge on any atom is 0.573 e. The number of hydrogen-bond donors (Lipinski definition) is 0. The van der Waals surface area contributed by atoms with Gasteiger partial charge in [0.25, 0.3) is 0 Å². The zero-order valence-electron chi connectivity index (χ0n) is 16.2.